The number of nitrogens with zero attached hydrogens (tertiary/aromatic N) is 10. The summed E-state index contributed by atoms with van der Waals surface area (Å²) in [5.41, 5.74) is 12.7. The molecule has 8 heterocycles. The number of hydrogen-bond acceptors (Lipinski definition) is 20. The second-order valence-corrected chi connectivity index (χ2v) is 33.7. The standard InChI is InChI=1S/C78H97Cl2N13O9S4/c1-46-50(5)105-76-66(46)68(55-23-27-58(79)28-24-55)84-61(72-89-87-52(7)92(72)76)31-35-100-36-37-101-38-39-102-40-41-104-78(9,10)71(75(98)91-44-60(94)42-63(91)74(97)83-48(3)54-19-21-57(22-20-54)70-49(4)82-45-103-70)86-64(95)18-14-13-17-34-99-33-16-12-11-15-32-81-65(96)43-62-73-90-88-53(8)93(73)77-67(47(2)51(6)106-77)69(85-62)56-25-29-59(80)30-26-56/h19-30,45,48,60-63,71,94H,11-18,31-44H2,1-10H3,(H,81,96)(H,83,97)(H,86,95)/t48-,60+,61-,62-,63-,71+/m0/s1. The Morgan fingerprint density at radius 2 is 1.16 bits per heavy atom. The number of fused-ring (bicyclic) bond motifs is 6. The number of carbonyl (C=O) groups excluding carboxylic acids is 4. The van der Waals surface area contributed by atoms with Crippen LogP contribution < -0.4 is 16.0 Å². The molecule has 0 radical (unpaired) electrons. The number of aliphatic hydroxyl groups excluding tert-OH is 1. The average molecular weight is 1560 g/mol. The topological polar surface area (TPSA) is 264 Å². The maximum absolute atomic E-state index is 15.0. The highest BCUT2D eigenvalue weighted by molar-refractivity contribution is 8.00. The van der Waals surface area contributed by atoms with Gasteiger partial charge in [-0.3, -0.25) is 38.3 Å². The first kappa shape index (κ1) is 79.9. The van der Waals surface area contributed by atoms with Crippen LogP contribution in [-0.4, -0.2) is 174 Å². The molecule has 4 N–H and O–H groups in total. The first-order valence-electron chi connectivity index (χ1n) is 36.6. The van der Waals surface area contributed by atoms with E-state index in [2.05, 4.69) is 78.2 Å². The molecule has 566 valence electrons. The van der Waals surface area contributed by atoms with Gasteiger partial charge in [0.15, 0.2) is 11.6 Å². The number of halogens is 2. The van der Waals surface area contributed by atoms with Gasteiger partial charge in [-0.25, -0.2) is 4.98 Å². The Morgan fingerprint density at radius 1 is 0.632 bits per heavy atom. The van der Waals surface area contributed by atoms with Gasteiger partial charge in [0.25, 0.3) is 0 Å². The number of aryl methyl sites for hydroxylation is 5. The summed E-state index contributed by atoms with van der Waals surface area (Å²) in [6, 6.07) is 20.2. The number of carbonyl (C=O) groups is 4. The molecule has 0 aliphatic carbocycles. The van der Waals surface area contributed by atoms with Crippen molar-refractivity contribution in [2.75, 3.05) is 71.7 Å². The highest BCUT2D eigenvalue weighted by Gasteiger charge is 2.46. The number of aliphatic imine (C=N–C) groups is 2. The number of thiophene rings is 2. The van der Waals surface area contributed by atoms with Gasteiger partial charge in [0.1, 0.15) is 45.8 Å². The molecule has 6 atom stereocenters. The van der Waals surface area contributed by atoms with E-state index in [0.29, 0.717) is 93.9 Å². The van der Waals surface area contributed by atoms with Crippen LogP contribution in [0.15, 0.2) is 88.3 Å². The summed E-state index contributed by atoms with van der Waals surface area (Å²) in [5, 5.41) is 41.8. The SMILES string of the molecule is Cc1ncsc1-c1ccc([C@H](C)NC(=O)[C@@H]2C[C@@H](O)CN2C(=O)[C@@H](NC(=O)CCCCCOCCCCCCNC(=O)C[C@@H]2N=C(c3ccc(Cl)cc3)c3c(sc(C)c3C)-n3c(C)nnc32)C(C)(C)SCCOCCOCCOCC[C@@H]2N=C(c3ccc(Cl)cc3)c3c(sc(C)c3C)-n3c(C)nnc32)cc1. The van der Waals surface area contributed by atoms with Crippen molar-refractivity contribution >= 4 is 104 Å². The molecule has 0 bridgehead atoms. The number of aromatic nitrogens is 7. The zero-order chi connectivity index (χ0) is 75.2. The van der Waals surface area contributed by atoms with Crippen LogP contribution >= 0.6 is 69.0 Å². The molecule has 22 nitrogen and oxygen atoms in total. The van der Waals surface area contributed by atoms with Crippen LogP contribution in [0.5, 0.6) is 0 Å². The minimum absolute atomic E-state index is 0.0526. The molecular formula is C78H97Cl2N13O9S4. The molecule has 4 amide bonds. The summed E-state index contributed by atoms with van der Waals surface area (Å²) in [6.45, 7) is 23.9. The Balaban J connectivity index is 0.607. The van der Waals surface area contributed by atoms with Crippen molar-refractivity contribution in [3.05, 3.63) is 166 Å². The van der Waals surface area contributed by atoms with E-state index >= 15 is 0 Å². The monoisotopic (exact) mass is 1560 g/mol. The summed E-state index contributed by atoms with van der Waals surface area (Å²) < 4.78 is 27.4. The van der Waals surface area contributed by atoms with Gasteiger partial charge in [0, 0.05) is 105 Å². The molecule has 3 aliphatic heterocycles. The Morgan fingerprint density at radius 3 is 1.75 bits per heavy atom. The number of rotatable bonds is 37. The third-order valence-corrected chi connectivity index (χ3v) is 24.9. The number of β-amino-alcohol motifs (C(OH)–C–C–N with tert-alkyl or cyclic N) is 1. The van der Waals surface area contributed by atoms with Gasteiger partial charge in [-0.2, -0.15) is 11.8 Å². The lowest BCUT2D eigenvalue weighted by Crippen LogP contribution is -2.60. The molecule has 3 aliphatic rings. The first-order valence-corrected chi connectivity index (χ1v) is 40.8. The number of ether oxygens (including phenoxy) is 4. The number of likely N-dealkylation sites (tertiary alicyclic amines) is 1. The van der Waals surface area contributed by atoms with Crippen LogP contribution in [0.2, 0.25) is 10.0 Å². The summed E-state index contributed by atoms with van der Waals surface area (Å²) >= 11 is 19.1. The molecule has 106 heavy (non-hydrogen) atoms. The molecular weight excluding hydrogens is 1460 g/mol. The summed E-state index contributed by atoms with van der Waals surface area (Å²) in [7, 11) is 0. The molecule has 28 heteroatoms. The number of hydrogen-bond donors (Lipinski definition) is 4. The lowest BCUT2D eigenvalue weighted by Gasteiger charge is -2.37. The van der Waals surface area contributed by atoms with Gasteiger partial charge in [-0.1, -0.05) is 91.0 Å². The maximum Gasteiger partial charge on any atom is 0.247 e. The number of nitrogens with one attached hydrogen (secondary N) is 3. The Hall–Kier alpha value is -7.08. The fourth-order valence-corrected chi connectivity index (χ4v) is 18.1. The Kier molecular flexibility index (Phi) is 28.2. The summed E-state index contributed by atoms with van der Waals surface area (Å²) in [5.74, 6) is 2.27. The summed E-state index contributed by atoms with van der Waals surface area (Å²) in [4.78, 5) is 76.5. The van der Waals surface area contributed by atoms with E-state index in [0.717, 1.165) is 127 Å². The smallest absolute Gasteiger partial charge is 0.247 e. The number of thiazole rings is 1. The molecule has 0 spiro atoms. The predicted molar refractivity (Wildman–Crippen MR) is 422 cm³/mol. The number of unbranched alkanes of at least 4 members (excludes halogenated alkanes) is 5. The van der Waals surface area contributed by atoms with E-state index in [9.17, 15) is 24.3 Å². The second kappa shape index (κ2) is 37.4. The quantitative estimate of drug-likeness (QED) is 0.0264. The van der Waals surface area contributed by atoms with Crippen LogP contribution in [0.1, 0.15) is 187 Å². The van der Waals surface area contributed by atoms with Crippen LogP contribution in [0, 0.1) is 48.5 Å². The van der Waals surface area contributed by atoms with Crippen molar-refractivity contribution in [1.82, 2.24) is 55.4 Å². The van der Waals surface area contributed by atoms with E-state index in [-0.39, 0.29) is 49.6 Å². The molecule has 0 unspecified atom stereocenters. The van der Waals surface area contributed by atoms with Crippen molar-refractivity contribution in [3.8, 4) is 20.4 Å². The normalized spacial score (nSPS) is 16.8. The molecule has 0 saturated carbocycles. The highest BCUT2D eigenvalue weighted by atomic mass is 35.5. The molecule has 1 saturated heterocycles. The van der Waals surface area contributed by atoms with Crippen LogP contribution in [0.3, 0.4) is 0 Å². The minimum atomic E-state index is -1.04. The van der Waals surface area contributed by atoms with E-state index in [1.807, 2.05) is 120 Å². The van der Waals surface area contributed by atoms with Gasteiger partial charge in [0.05, 0.1) is 79.1 Å². The van der Waals surface area contributed by atoms with Crippen LogP contribution in [-0.2, 0) is 38.1 Å². The number of aliphatic hydroxyl groups is 1. The summed E-state index contributed by atoms with van der Waals surface area (Å²) in [6.07, 6.45) is 5.73. The van der Waals surface area contributed by atoms with Crippen molar-refractivity contribution in [2.24, 2.45) is 9.98 Å². The number of thioether (sulfide) groups is 1. The highest BCUT2D eigenvalue weighted by Crippen LogP contribution is 2.42. The fourth-order valence-electron chi connectivity index (χ4n) is 13.6. The van der Waals surface area contributed by atoms with Crippen molar-refractivity contribution in [3.63, 3.8) is 0 Å². The van der Waals surface area contributed by atoms with E-state index < -0.39 is 40.9 Å². The lowest BCUT2D eigenvalue weighted by molar-refractivity contribution is -0.142. The predicted octanol–water partition coefficient (Wildman–Crippen LogP) is 14.0. The van der Waals surface area contributed by atoms with Crippen molar-refractivity contribution in [1.29, 1.82) is 0 Å². The van der Waals surface area contributed by atoms with Gasteiger partial charge in [-0.05, 0) is 141 Å². The van der Waals surface area contributed by atoms with E-state index in [4.69, 9.17) is 52.1 Å². The van der Waals surface area contributed by atoms with E-state index in [1.165, 1.54) is 32.0 Å². The molecule has 1 fully saturated rings. The van der Waals surface area contributed by atoms with Crippen LogP contribution in [0.25, 0.3) is 20.4 Å². The number of amides is 4. The zero-order valence-corrected chi connectivity index (χ0v) is 66.9. The lowest BCUT2D eigenvalue weighted by atomic mass is 9.99. The third kappa shape index (κ3) is 19.7. The second-order valence-electron chi connectivity index (χ2n) is 27.8. The zero-order valence-electron chi connectivity index (χ0n) is 62.1. The minimum Gasteiger partial charge on any atom is -0.391 e. The van der Waals surface area contributed by atoms with Gasteiger partial charge < -0.3 is 44.9 Å². The third-order valence-electron chi connectivity index (χ3n) is 19.7. The van der Waals surface area contributed by atoms with Gasteiger partial charge in [-0.15, -0.1) is 54.4 Å². The van der Waals surface area contributed by atoms with Gasteiger partial charge >= 0.3 is 0 Å². The Labute approximate surface area is 647 Å². The maximum atomic E-state index is 15.0. The Bertz CT molecular complexity index is 4400. The molecule has 3 aromatic carbocycles. The molecule has 8 aromatic rings. The van der Waals surface area contributed by atoms with Gasteiger partial charge in [0.2, 0.25) is 23.6 Å². The average Bonchev–Trinajstić information content (AvgIpc) is 1.60. The van der Waals surface area contributed by atoms with E-state index in [1.54, 1.807) is 34.0 Å². The largest absolute Gasteiger partial charge is 0.391 e. The number of benzene rings is 3. The fraction of sp³-hybridized carbons (Fsp3) is 0.500. The molecule has 11 rings (SSSR count). The first-order chi connectivity index (χ1) is 51.1. The van der Waals surface area contributed by atoms with Crippen molar-refractivity contribution in [2.45, 2.75) is 181 Å². The van der Waals surface area contributed by atoms with Crippen LogP contribution in [0.4, 0.5) is 0 Å². The van der Waals surface area contributed by atoms with Crippen molar-refractivity contribution < 1.29 is 43.2 Å². The molecule has 5 aromatic heterocycles.